The molecule has 2 aliphatic rings. The fourth-order valence-corrected chi connectivity index (χ4v) is 4.08. The molecule has 5 nitrogen and oxygen atoms in total. The number of hydrogen-bond donors (Lipinski definition) is 0. The third kappa shape index (κ3) is 3.48. The van der Waals surface area contributed by atoms with E-state index in [2.05, 4.69) is 29.2 Å². The molecular weight excluding hydrogens is 316 g/mol. The number of amides is 1. The molecule has 2 aromatic rings. The van der Waals surface area contributed by atoms with Crippen LogP contribution in [0.2, 0.25) is 0 Å². The average Bonchev–Trinajstić information content (AvgIpc) is 3.33. The first kappa shape index (κ1) is 16.4. The monoisotopic (exact) mass is 340 g/mol. The van der Waals surface area contributed by atoms with Crippen LogP contribution in [0.1, 0.15) is 22.3 Å². The van der Waals surface area contributed by atoms with Crippen molar-refractivity contribution in [2.45, 2.75) is 24.9 Å². The summed E-state index contributed by atoms with van der Waals surface area (Å²) in [6.07, 6.45) is 5.01. The van der Waals surface area contributed by atoms with Crippen LogP contribution in [0.25, 0.3) is 0 Å². The van der Waals surface area contributed by atoms with Gasteiger partial charge in [-0.05, 0) is 24.5 Å². The van der Waals surface area contributed by atoms with Crippen molar-refractivity contribution >= 4 is 5.91 Å². The van der Waals surface area contributed by atoms with E-state index in [0.29, 0.717) is 11.6 Å². The highest BCUT2D eigenvalue weighted by molar-refractivity contribution is 5.94. The average molecular weight is 340 g/mol. The highest BCUT2D eigenvalue weighted by Gasteiger charge is 2.40. The van der Waals surface area contributed by atoms with Gasteiger partial charge < -0.3 is 14.1 Å². The van der Waals surface area contributed by atoms with Crippen LogP contribution in [0.4, 0.5) is 0 Å². The summed E-state index contributed by atoms with van der Waals surface area (Å²) in [5.74, 6) is 0.0745. The van der Waals surface area contributed by atoms with Crippen LogP contribution < -0.4 is 0 Å². The van der Waals surface area contributed by atoms with Crippen molar-refractivity contribution in [1.82, 2.24) is 9.80 Å². The number of carbonyl (C=O) groups excluding carboxylic acids is 1. The van der Waals surface area contributed by atoms with Crippen molar-refractivity contribution in [2.24, 2.45) is 0 Å². The number of morpholine rings is 1. The maximum absolute atomic E-state index is 13.0. The van der Waals surface area contributed by atoms with Gasteiger partial charge in [-0.1, -0.05) is 30.3 Å². The van der Waals surface area contributed by atoms with E-state index in [4.69, 9.17) is 9.15 Å². The molecule has 2 saturated heterocycles. The second-order valence-electron chi connectivity index (χ2n) is 6.77. The SMILES string of the molecule is O=C(c1ccoc1)N1CC[C@H](N2CCOCC2)[C@H]1Cc1ccccc1. The summed E-state index contributed by atoms with van der Waals surface area (Å²) in [6.45, 7) is 4.26. The first-order valence-electron chi connectivity index (χ1n) is 9.02. The molecule has 0 bridgehead atoms. The van der Waals surface area contributed by atoms with Crippen molar-refractivity contribution in [1.29, 1.82) is 0 Å². The molecule has 0 radical (unpaired) electrons. The molecule has 132 valence electrons. The van der Waals surface area contributed by atoms with Crippen LogP contribution in [0.5, 0.6) is 0 Å². The molecule has 0 unspecified atom stereocenters. The molecule has 2 atom stereocenters. The molecule has 0 saturated carbocycles. The van der Waals surface area contributed by atoms with Gasteiger partial charge in [0.05, 0.1) is 31.1 Å². The Labute approximate surface area is 148 Å². The molecule has 1 amide bonds. The standard InChI is InChI=1S/C20H24N2O3/c23-20(17-7-11-25-15-17)22-8-6-18(21-9-12-24-13-10-21)19(22)14-16-4-2-1-3-5-16/h1-5,7,11,15,18-19H,6,8-10,12-14H2/t18-,19+/m0/s1. The predicted molar refractivity (Wildman–Crippen MR) is 94.5 cm³/mol. The van der Waals surface area contributed by atoms with E-state index >= 15 is 0 Å². The van der Waals surface area contributed by atoms with Crippen molar-refractivity contribution in [3.05, 3.63) is 60.1 Å². The fourth-order valence-electron chi connectivity index (χ4n) is 4.08. The van der Waals surface area contributed by atoms with E-state index in [1.165, 1.54) is 5.56 Å². The molecule has 0 spiro atoms. The minimum Gasteiger partial charge on any atom is -0.472 e. The maximum atomic E-state index is 13.0. The quantitative estimate of drug-likeness (QED) is 0.858. The molecule has 0 N–H and O–H groups in total. The molecule has 4 rings (SSSR count). The van der Waals surface area contributed by atoms with Gasteiger partial charge in [-0.25, -0.2) is 0 Å². The second-order valence-corrected chi connectivity index (χ2v) is 6.77. The van der Waals surface area contributed by atoms with Gasteiger partial charge in [-0.15, -0.1) is 0 Å². The number of benzene rings is 1. The Hall–Kier alpha value is -2.11. The van der Waals surface area contributed by atoms with E-state index in [9.17, 15) is 4.79 Å². The topological polar surface area (TPSA) is 45.9 Å². The molecular formula is C20H24N2O3. The van der Waals surface area contributed by atoms with Gasteiger partial charge in [-0.2, -0.15) is 0 Å². The largest absolute Gasteiger partial charge is 0.472 e. The number of hydrogen-bond acceptors (Lipinski definition) is 4. The summed E-state index contributed by atoms with van der Waals surface area (Å²) >= 11 is 0. The van der Waals surface area contributed by atoms with Crippen LogP contribution in [0.15, 0.2) is 53.3 Å². The van der Waals surface area contributed by atoms with E-state index in [1.807, 2.05) is 11.0 Å². The van der Waals surface area contributed by atoms with E-state index in [0.717, 1.165) is 45.7 Å². The van der Waals surface area contributed by atoms with Crippen molar-refractivity contribution in [3.8, 4) is 0 Å². The lowest BCUT2D eigenvalue weighted by Crippen LogP contribution is -2.51. The lowest BCUT2D eigenvalue weighted by Gasteiger charge is -2.37. The van der Waals surface area contributed by atoms with Gasteiger partial charge in [0, 0.05) is 25.7 Å². The lowest BCUT2D eigenvalue weighted by molar-refractivity contribution is 0.00864. The first-order chi connectivity index (χ1) is 12.3. The minimum absolute atomic E-state index is 0.0745. The molecule has 1 aromatic carbocycles. The first-order valence-corrected chi connectivity index (χ1v) is 9.02. The van der Waals surface area contributed by atoms with Crippen molar-refractivity contribution < 1.29 is 13.9 Å². The summed E-state index contributed by atoms with van der Waals surface area (Å²) in [5.41, 5.74) is 1.92. The van der Waals surface area contributed by atoms with Gasteiger partial charge in [0.2, 0.25) is 0 Å². The Morgan fingerprint density at radius 3 is 2.60 bits per heavy atom. The Balaban J connectivity index is 1.58. The highest BCUT2D eigenvalue weighted by atomic mass is 16.5. The third-order valence-electron chi connectivity index (χ3n) is 5.34. The molecule has 0 aliphatic carbocycles. The maximum Gasteiger partial charge on any atom is 0.257 e. The fraction of sp³-hybridized carbons (Fsp3) is 0.450. The molecule has 2 fully saturated rings. The molecule has 1 aromatic heterocycles. The Kier molecular flexibility index (Phi) is 4.85. The number of nitrogens with zero attached hydrogens (tertiary/aromatic N) is 2. The molecule has 3 heterocycles. The normalized spacial score (nSPS) is 24.6. The van der Waals surface area contributed by atoms with Gasteiger partial charge in [0.25, 0.3) is 5.91 Å². The number of rotatable bonds is 4. The van der Waals surface area contributed by atoms with Gasteiger partial charge in [0.1, 0.15) is 6.26 Å². The van der Waals surface area contributed by atoms with Gasteiger partial charge in [0.15, 0.2) is 0 Å². The van der Waals surface area contributed by atoms with Gasteiger partial charge >= 0.3 is 0 Å². The molecule has 2 aliphatic heterocycles. The second kappa shape index (κ2) is 7.42. The van der Waals surface area contributed by atoms with Gasteiger partial charge in [-0.3, -0.25) is 9.69 Å². The summed E-state index contributed by atoms with van der Waals surface area (Å²) in [7, 11) is 0. The number of carbonyl (C=O) groups is 1. The van der Waals surface area contributed by atoms with Crippen LogP contribution in [-0.4, -0.2) is 60.6 Å². The summed E-state index contributed by atoms with van der Waals surface area (Å²) in [5, 5.41) is 0. The predicted octanol–water partition coefficient (Wildman–Crippen LogP) is 2.44. The Bertz CT molecular complexity index is 680. The zero-order valence-electron chi connectivity index (χ0n) is 14.3. The smallest absolute Gasteiger partial charge is 0.257 e. The summed E-state index contributed by atoms with van der Waals surface area (Å²) in [4.78, 5) is 17.5. The number of ether oxygens (including phenoxy) is 1. The van der Waals surface area contributed by atoms with Crippen LogP contribution in [-0.2, 0) is 11.2 Å². The minimum atomic E-state index is 0.0745. The number of likely N-dealkylation sites (tertiary alicyclic amines) is 1. The molecule has 5 heteroatoms. The number of furan rings is 1. The summed E-state index contributed by atoms with van der Waals surface area (Å²) in [6, 6.07) is 12.8. The lowest BCUT2D eigenvalue weighted by atomic mass is 9.98. The van der Waals surface area contributed by atoms with E-state index < -0.39 is 0 Å². The van der Waals surface area contributed by atoms with Crippen molar-refractivity contribution in [3.63, 3.8) is 0 Å². The third-order valence-corrected chi connectivity index (χ3v) is 5.34. The zero-order chi connectivity index (χ0) is 17.1. The van der Waals surface area contributed by atoms with Crippen LogP contribution in [0, 0.1) is 0 Å². The molecule has 25 heavy (non-hydrogen) atoms. The highest BCUT2D eigenvalue weighted by Crippen LogP contribution is 2.28. The van der Waals surface area contributed by atoms with Crippen LogP contribution >= 0.6 is 0 Å². The Morgan fingerprint density at radius 2 is 1.88 bits per heavy atom. The Morgan fingerprint density at radius 1 is 1.08 bits per heavy atom. The summed E-state index contributed by atoms with van der Waals surface area (Å²) < 4.78 is 10.6. The van der Waals surface area contributed by atoms with Crippen LogP contribution in [0.3, 0.4) is 0 Å². The van der Waals surface area contributed by atoms with Crippen molar-refractivity contribution in [2.75, 3.05) is 32.8 Å². The zero-order valence-corrected chi connectivity index (χ0v) is 14.3. The van der Waals surface area contributed by atoms with E-state index in [1.54, 1.807) is 18.6 Å². The van der Waals surface area contributed by atoms with E-state index in [-0.39, 0.29) is 11.9 Å².